The zero-order valence-electron chi connectivity index (χ0n) is 8.83. The highest BCUT2D eigenvalue weighted by Crippen LogP contribution is 2.15. The number of hydrogen-bond donors (Lipinski definition) is 3. The van der Waals surface area contributed by atoms with E-state index in [1.165, 1.54) is 18.2 Å². The lowest BCUT2D eigenvalue weighted by Gasteiger charge is -2.03. The number of nitrogens with one attached hydrogen (secondary N) is 2. The van der Waals surface area contributed by atoms with Crippen LogP contribution in [-0.2, 0) is 0 Å². The summed E-state index contributed by atoms with van der Waals surface area (Å²) < 4.78 is 12.7. The summed E-state index contributed by atoms with van der Waals surface area (Å²) in [5, 5.41) is 7.19. The van der Waals surface area contributed by atoms with Crippen molar-refractivity contribution in [2.24, 2.45) is 5.73 Å². The molecular formula is C12H10FN3O. The Morgan fingerprint density at radius 1 is 1.18 bits per heavy atom. The molecule has 0 atom stereocenters. The monoisotopic (exact) mass is 231 g/mol. The van der Waals surface area contributed by atoms with Crippen molar-refractivity contribution in [1.29, 1.82) is 5.41 Å². The molecular weight excluding hydrogens is 221 g/mol. The second-order valence-corrected chi connectivity index (χ2v) is 3.54. The van der Waals surface area contributed by atoms with Crippen LogP contribution in [0, 0.1) is 11.2 Å². The molecule has 0 aliphatic heterocycles. The number of pyridine rings is 1. The van der Waals surface area contributed by atoms with Gasteiger partial charge in [-0.25, -0.2) is 4.39 Å². The van der Waals surface area contributed by atoms with Crippen molar-refractivity contribution in [2.75, 3.05) is 0 Å². The Hall–Kier alpha value is -2.43. The summed E-state index contributed by atoms with van der Waals surface area (Å²) in [6.45, 7) is 0. The smallest absolute Gasteiger partial charge is 0.259 e. The van der Waals surface area contributed by atoms with Gasteiger partial charge in [-0.05, 0) is 42.0 Å². The van der Waals surface area contributed by atoms with Crippen molar-refractivity contribution in [3.05, 3.63) is 58.1 Å². The highest BCUT2D eigenvalue weighted by atomic mass is 19.1. The first-order chi connectivity index (χ1) is 8.08. The van der Waals surface area contributed by atoms with Crippen molar-refractivity contribution in [1.82, 2.24) is 4.98 Å². The molecule has 17 heavy (non-hydrogen) atoms. The van der Waals surface area contributed by atoms with Crippen LogP contribution in [0.2, 0.25) is 0 Å². The molecule has 4 nitrogen and oxygen atoms in total. The van der Waals surface area contributed by atoms with Gasteiger partial charge in [0.1, 0.15) is 11.7 Å². The molecule has 0 radical (unpaired) electrons. The SMILES string of the molecule is N=C(N)c1ccc(-c2ccc(F)cc2)[nH]c1=O. The van der Waals surface area contributed by atoms with Crippen LogP contribution in [0.3, 0.4) is 0 Å². The van der Waals surface area contributed by atoms with Crippen LogP contribution in [0.15, 0.2) is 41.2 Å². The average Bonchev–Trinajstić information content (AvgIpc) is 2.29. The molecule has 1 aromatic heterocycles. The van der Waals surface area contributed by atoms with Crippen molar-refractivity contribution in [3.63, 3.8) is 0 Å². The second-order valence-electron chi connectivity index (χ2n) is 3.54. The number of amidine groups is 1. The molecule has 4 N–H and O–H groups in total. The number of rotatable bonds is 2. The van der Waals surface area contributed by atoms with E-state index >= 15 is 0 Å². The number of nitrogen functional groups attached to an aromatic ring is 1. The maximum absolute atomic E-state index is 12.7. The van der Waals surface area contributed by atoms with Gasteiger partial charge in [0.05, 0.1) is 5.56 Å². The van der Waals surface area contributed by atoms with Crippen molar-refractivity contribution >= 4 is 5.84 Å². The molecule has 0 unspecified atom stereocenters. The molecule has 0 fully saturated rings. The Kier molecular flexibility index (Phi) is 2.74. The summed E-state index contributed by atoms with van der Waals surface area (Å²) in [7, 11) is 0. The first kappa shape index (κ1) is 11.1. The lowest BCUT2D eigenvalue weighted by atomic mass is 10.1. The third-order valence-electron chi connectivity index (χ3n) is 2.35. The lowest BCUT2D eigenvalue weighted by Crippen LogP contribution is -2.23. The van der Waals surface area contributed by atoms with E-state index in [0.717, 1.165) is 0 Å². The van der Waals surface area contributed by atoms with E-state index in [1.807, 2.05) is 0 Å². The first-order valence-electron chi connectivity index (χ1n) is 4.91. The number of aromatic amines is 1. The van der Waals surface area contributed by atoms with Gasteiger partial charge in [-0.15, -0.1) is 0 Å². The predicted octanol–water partition coefficient (Wildman–Crippen LogP) is 1.47. The standard InChI is InChI=1S/C12H10FN3O/c13-8-3-1-7(2-4-8)10-6-5-9(11(14)15)12(17)16-10/h1-6H,(H3,14,15)(H,16,17). The fourth-order valence-corrected chi connectivity index (χ4v) is 1.48. The van der Waals surface area contributed by atoms with Crippen LogP contribution >= 0.6 is 0 Å². The van der Waals surface area contributed by atoms with E-state index in [-0.39, 0.29) is 17.2 Å². The molecule has 0 saturated heterocycles. The van der Waals surface area contributed by atoms with Crippen LogP contribution in [0.1, 0.15) is 5.56 Å². The molecule has 0 saturated carbocycles. The van der Waals surface area contributed by atoms with Gasteiger partial charge in [0.15, 0.2) is 0 Å². The third kappa shape index (κ3) is 2.23. The van der Waals surface area contributed by atoms with Gasteiger partial charge in [0.25, 0.3) is 5.56 Å². The average molecular weight is 231 g/mol. The third-order valence-corrected chi connectivity index (χ3v) is 2.35. The number of benzene rings is 1. The number of halogens is 1. The second kappa shape index (κ2) is 4.21. The van der Waals surface area contributed by atoms with E-state index in [1.54, 1.807) is 18.2 Å². The normalized spacial score (nSPS) is 10.2. The summed E-state index contributed by atoms with van der Waals surface area (Å²) in [5.74, 6) is -0.617. The maximum atomic E-state index is 12.7. The van der Waals surface area contributed by atoms with E-state index in [4.69, 9.17) is 11.1 Å². The largest absolute Gasteiger partial charge is 0.384 e. The fourth-order valence-electron chi connectivity index (χ4n) is 1.48. The summed E-state index contributed by atoms with van der Waals surface area (Å²) in [5.41, 5.74) is 6.18. The molecule has 0 bridgehead atoms. The van der Waals surface area contributed by atoms with Gasteiger partial charge < -0.3 is 10.7 Å². The minimum absolute atomic E-state index is 0.121. The van der Waals surface area contributed by atoms with Crippen LogP contribution < -0.4 is 11.3 Å². The van der Waals surface area contributed by atoms with Crippen molar-refractivity contribution < 1.29 is 4.39 Å². The zero-order chi connectivity index (χ0) is 12.4. The fraction of sp³-hybridized carbons (Fsp3) is 0. The summed E-state index contributed by atoms with van der Waals surface area (Å²) in [6, 6.07) is 8.85. The Bertz CT molecular complexity index is 616. The maximum Gasteiger partial charge on any atom is 0.259 e. The Labute approximate surface area is 96.4 Å². The molecule has 5 heteroatoms. The molecule has 0 aliphatic carbocycles. The number of hydrogen-bond acceptors (Lipinski definition) is 2. The topological polar surface area (TPSA) is 82.7 Å². The quantitative estimate of drug-likeness (QED) is 0.540. The molecule has 2 aromatic rings. The molecule has 0 aliphatic rings. The van der Waals surface area contributed by atoms with E-state index < -0.39 is 5.56 Å². The first-order valence-corrected chi connectivity index (χ1v) is 4.91. The van der Waals surface area contributed by atoms with Crippen LogP contribution in [0.5, 0.6) is 0 Å². The van der Waals surface area contributed by atoms with Gasteiger partial charge >= 0.3 is 0 Å². The summed E-state index contributed by atoms with van der Waals surface area (Å²) in [4.78, 5) is 14.2. The minimum atomic E-state index is -0.431. The number of H-pyrrole nitrogens is 1. The lowest BCUT2D eigenvalue weighted by molar-refractivity contribution is 0.628. The number of nitrogens with two attached hydrogens (primary N) is 1. The van der Waals surface area contributed by atoms with Crippen molar-refractivity contribution in [3.8, 4) is 11.3 Å². The molecule has 1 aromatic carbocycles. The van der Waals surface area contributed by atoms with E-state index in [0.29, 0.717) is 11.3 Å². The van der Waals surface area contributed by atoms with E-state index in [2.05, 4.69) is 4.98 Å². The predicted molar refractivity (Wildman–Crippen MR) is 63.5 cm³/mol. The Morgan fingerprint density at radius 2 is 1.82 bits per heavy atom. The van der Waals surface area contributed by atoms with Crippen molar-refractivity contribution in [2.45, 2.75) is 0 Å². The molecule has 86 valence electrons. The van der Waals surface area contributed by atoms with Gasteiger partial charge in [0.2, 0.25) is 0 Å². The molecule has 1 heterocycles. The minimum Gasteiger partial charge on any atom is -0.384 e. The van der Waals surface area contributed by atoms with Crippen LogP contribution in [-0.4, -0.2) is 10.8 Å². The van der Waals surface area contributed by atoms with Crippen LogP contribution in [0.25, 0.3) is 11.3 Å². The van der Waals surface area contributed by atoms with Gasteiger partial charge in [-0.2, -0.15) is 0 Å². The highest BCUT2D eigenvalue weighted by molar-refractivity contribution is 5.94. The van der Waals surface area contributed by atoms with Gasteiger partial charge in [-0.3, -0.25) is 10.2 Å². The molecule has 0 amide bonds. The molecule has 2 rings (SSSR count). The Morgan fingerprint density at radius 3 is 2.35 bits per heavy atom. The van der Waals surface area contributed by atoms with Gasteiger partial charge in [0, 0.05) is 5.69 Å². The molecule has 0 spiro atoms. The Balaban J connectivity index is 2.48. The highest BCUT2D eigenvalue weighted by Gasteiger charge is 2.05. The zero-order valence-corrected chi connectivity index (χ0v) is 8.83. The number of aromatic nitrogens is 1. The van der Waals surface area contributed by atoms with Gasteiger partial charge in [-0.1, -0.05) is 0 Å². The van der Waals surface area contributed by atoms with E-state index in [9.17, 15) is 9.18 Å². The summed E-state index contributed by atoms with van der Waals surface area (Å²) >= 11 is 0. The van der Waals surface area contributed by atoms with Crippen LogP contribution in [0.4, 0.5) is 4.39 Å². The summed E-state index contributed by atoms with van der Waals surface area (Å²) in [6.07, 6.45) is 0.